The van der Waals surface area contributed by atoms with Gasteiger partial charge in [-0.25, -0.2) is 0 Å². The van der Waals surface area contributed by atoms with Crippen molar-refractivity contribution >= 4 is 29.8 Å². The van der Waals surface area contributed by atoms with Gasteiger partial charge in [0, 0.05) is 34.1 Å². The second-order valence-electron chi connectivity index (χ2n) is 6.45. The van der Waals surface area contributed by atoms with Gasteiger partial charge in [-0.1, -0.05) is 6.92 Å². The molecule has 1 aliphatic heterocycles. The van der Waals surface area contributed by atoms with Crippen molar-refractivity contribution in [1.29, 1.82) is 0 Å². The molecular formula is C18H27NO10. The fourth-order valence-electron chi connectivity index (χ4n) is 2.81. The maximum absolute atomic E-state index is 12.2. The van der Waals surface area contributed by atoms with Crippen LogP contribution in [0.25, 0.3) is 0 Å². The van der Waals surface area contributed by atoms with Crippen LogP contribution in [-0.2, 0) is 47.7 Å². The van der Waals surface area contributed by atoms with Crippen molar-refractivity contribution in [2.45, 2.75) is 78.1 Å². The van der Waals surface area contributed by atoms with E-state index in [2.05, 4.69) is 5.32 Å². The molecule has 0 spiro atoms. The van der Waals surface area contributed by atoms with E-state index in [-0.39, 0.29) is 13.0 Å². The number of carbonyl (C=O) groups is 5. The Balaban J connectivity index is 3.31. The van der Waals surface area contributed by atoms with E-state index in [1.54, 1.807) is 6.92 Å². The van der Waals surface area contributed by atoms with E-state index in [9.17, 15) is 24.0 Å². The molecule has 0 unspecified atom stereocenters. The molecule has 0 aromatic carbocycles. The average molecular weight is 417 g/mol. The van der Waals surface area contributed by atoms with Crippen molar-refractivity contribution < 1.29 is 47.7 Å². The highest BCUT2D eigenvalue weighted by Crippen LogP contribution is 2.28. The molecule has 1 aliphatic rings. The van der Waals surface area contributed by atoms with Crippen LogP contribution in [0.4, 0.5) is 0 Å². The van der Waals surface area contributed by atoms with Crippen LogP contribution >= 0.6 is 0 Å². The summed E-state index contributed by atoms with van der Waals surface area (Å²) >= 11 is 0. The Morgan fingerprint density at radius 3 is 1.86 bits per heavy atom. The van der Waals surface area contributed by atoms with E-state index in [0.717, 1.165) is 20.8 Å². The van der Waals surface area contributed by atoms with Gasteiger partial charge >= 0.3 is 23.9 Å². The summed E-state index contributed by atoms with van der Waals surface area (Å²) in [5, 5.41) is 2.60. The Hall–Kier alpha value is -2.69. The van der Waals surface area contributed by atoms with Gasteiger partial charge in [-0.2, -0.15) is 0 Å². The Labute approximate surface area is 168 Å². The summed E-state index contributed by atoms with van der Waals surface area (Å²) in [5.41, 5.74) is 0. The SMILES string of the molecule is CCCC(=O)N[C@@H]1[C@H](OC(C)=O)O[C@H](COC(C)=O)[C@H](OC(C)=O)[C@@H]1OC(C)=O. The van der Waals surface area contributed by atoms with E-state index in [0.29, 0.717) is 6.42 Å². The van der Waals surface area contributed by atoms with Crippen LogP contribution < -0.4 is 5.32 Å². The van der Waals surface area contributed by atoms with Gasteiger partial charge in [0.2, 0.25) is 12.2 Å². The molecule has 164 valence electrons. The highest BCUT2D eigenvalue weighted by Gasteiger charge is 2.52. The van der Waals surface area contributed by atoms with Gasteiger partial charge < -0.3 is 29.0 Å². The zero-order valence-corrected chi connectivity index (χ0v) is 17.1. The number of ether oxygens (including phenoxy) is 5. The van der Waals surface area contributed by atoms with E-state index in [1.165, 1.54) is 6.92 Å². The number of esters is 4. The molecule has 0 bridgehead atoms. The summed E-state index contributed by atoms with van der Waals surface area (Å²) in [6, 6.07) is -1.15. The quantitative estimate of drug-likeness (QED) is 0.423. The molecule has 29 heavy (non-hydrogen) atoms. The number of hydrogen-bond donors (Lipinski definition) is 1. The summed E-state index contributed by atoms with van der Waals surface area (Å²) in [5.74, 6) is -3.19. The number of amides is 1. The lowest BCUT2D eigenvalue weighted by Gasteiger charge is -2.44. The number of rotatable bonds is 8. The molecule has 1 fully saturated rings. The van der Waals surface area contributed by atoms with Crippen LogP contribution in [0.3, 0.4) is 0 Å². The first-order chi connectivity index (χ1) is 13.5. The van der Waals surface area contributed by atoms with E-state index in [4.69, 9.17) is 23.7 Å². The molecular weight excluding hydrogens is 390 g/mol. The molecule has 1 saturated heterocycles. The molecule has 1 N–H and O–H groups in total. The second kappa shape index (κ2) is 11.3. The Kier molecular flexibility index (Phi) is 9.53. The monoisotopic (exact) mass is 417 g/mol. The molecule has 0 aromatic rings. The highest BCUT2D eigenvalue weighted by atomic mass is 16.7. The van der Waals surface area contributed by atoms with Crippen molar-refractivity contribution in [3.8, 4) is 0 Å². The van der Waals surface area contributed by atoms with E-state index < -0.39 is 60.4 Å². The lowest BCUT2D eigenvalue weighted by Crippen LogP contribution is -2.67. The number of carbonyl (C=O) groups excluding carboxylic acids is 5. The maximum atomic E-state index is 12.2. The Morgan fingerprint density at radius 2 is 1.38 bits per heavy atom. The molecule has 0 saturated carbocycles. The van der Waals surface area contributed by atoms with Crippen LogP contribution in [0.1, 0.15) is 47.5 Å². The zero-order chi connectivity index (χ0) is 22.1. The summed E-state index contributed by atoms with van der Waals surface area (Å²) in [7, 11) is 0. The van der Waals surface area contributed by atoms with Gasteiger partial charge in [0.1, 0.15) is 18.8 Å². The molecule has 11 nitrogen and oxygen atoms in total. The van der Waals surface area contributed by atoms with Crippen LogP contribution in [0.15, 0.2) is 0 Å². The molecule has 1 heterocycles. The topological polar surface area (TPSA) is 144 Å². The minimum atomic E-state index is -1.37. The molecule has 1 amide bonds. The van der Waals surface area contributed by atoms with Crippen LogP contribution in [-0.4, -0.2) is 67.0 Å². The van der Waals surface area contributed by atoms with Crippen LogP contribution in [0, 0.1) is 0 Å². The lowest BCUT2D eigenvalue weighted by molar-refractivity contribution is -0.271. The first-order valence-electron chi connectivity index (χ1n) is 9.15. The Bertz CT molecular complexity index is 634. The summed E-state index contributed by atoms with van der Waals surface area (Å²) in [6.45, 7) is 6.00. The first kappa shape index (κ1) is 24.3. The normalized spacial score (nSPS) is 26.0. The van der Waals surface area contributed by atoms with Gasteiger partial charge in [0.05, 0.1) is 0 Å². The molecule has 11 heteroatoms. The highest BCUT2D eigenvalue weighted by molar-refractivity contribution is 5.76. The predicted octanol–water partition coefficient (Wildman–Crippen LogP) is -0.0142. The fraction of sp³-hybridized carbons (Fsp3) is 0.722. The van der Waals surface area contributed by atoms with Gasteiger partial charge in [-0.05, 0) is 6.42 Å². The van der Waals surface area contributed by atoms with Crippen LogP contribution in [0.2, 0.25) is 0 Å². The first-order valence-corrected chi connectivity index (χ1v) is 9.15. The van der Waals surface area contributed by atoms with Crippen molar-refractivity contribution in [3.63, 3.8) is 0 Å². The molecule has 0 radical (unpaired) electrons. The second-order valence-corrected chi connectivity index (χ2v) is 6.45. The maximum Gasteiger partial charge on any atom is 0.305 e. The summed E-state index contributed by atoms with van der Waals surface area (Å²) in [4.78, 5) is 58.2. The number of nitrogens with one attached hydrogen (secondary N) is 1. The predicted molar refractivity (Wildman–Crippen MR) is 95.0 cm³/mol. The minimum absolute atomic E-state index is 0.158. The Morgan fingerprint density at radius 1 is 0.828 bits per heavy atom. The van der Waals surface area contributed by atoms with Gasteiger partial charge in [0.25, 0.3) is 0 Å². The van der Waals surface area contributed by atoms with Gasteiger partial charge in [-0.15, -0.1) is 0 Å². The fourth-order valence-corrected chi connectivity index (χ4v) is 2.81. The molecule has 1 rings (SSSR count). The van der Waals surface area contributed by atoms with Crippen molar-refractivity contribution in [2.75, 3.05) is 6.61 Å². The third-order valence-corrected chi connectivity index (χ3v) is 3.79. The van der Waals surface area contributed by atoms with Gasteiger partial charge in [0.15, 0.2) is 12.2 Å². The molecule has 0 aliphatic carbocycles. The third kappa shape index (κ3) is 8.06. The minimum Gasteiger partial charge on any atom is -0.463 e. The van der Waals surface area contributed by atoms with Crippen molar-refractivity contribution in [1.82, 2.24) is 5.32 Å². The van der Waals surface area contributed by atoms with Gasteiger partial charge in [-0.3, -0.25) is 24.0 Å². The molecule has 5 atom stereocenters. The van der Waals surface area contributed by atoms with Crippen molar-refractivity contribution in [2.24, 2.45) is 0 Å². The largest absolute Gasteiger partial charge is 0.463 e. The average Bonchev–Trinajstić information content (AvgIpc) is 2.57. The van der Waals surface area contributed by atoms with Crippen LogP contribution in [0.5, 0.6) is 0 Å². The summed E-state index contributed by atoms with van der Waals surface area (Å²) < 4.78 is 26.3. The zero-order valence-electron chi connectivity index (χ0n) is 17.1. The number of hydrogen-bond acceptors (Lipinski definition) is 10. The van der Waals surface area contributed by atoms with E-state index in [1.807, 2.05) is 0 Å². The lowest BCUT2D eigenvalue weighted by atomic mass is 9.96. The van der Waals surface area contributed by atoms with Crippen molar-refractivity contribution in [3.05, 3.63) is 0 Å². The third-order valence-electron chi connectivity index (χ3n) is 3.79. The molecule has 0 aromatic heterocycles. The van der Waals surface area contributed by atoms with E-state index >= 15 is 0 Å². The standard InChI is InChI=1S/C18H27NO10/c1-6-7-14(24)19-15-17(27-11(4)22)16(26-10(3)21)13(8-25-9(2)20)29-18(15)28-12(5)23/h13,15-18H,6-8H2,1-5H3,(H,19,24)/t13-,15+,16+,17-,18-/m1/s1. The summed E-state index contributed by atoms with van der Waals surface area (Å²) in [6.07, 6.45) is -4.27. The smallest absolute Gasteiger partial charge is 0.305 e.